The molecular weight excluding hydrogens is 430 g/mol. The Hall–Kier alpha value is -3.19. The van der Waals surface area contributed by atoms with Gasteiger partial charge in [0.15, 0.2) is 0 Å². The van der Waals surface area contributed by atoms with Gasteiger partial charge in [0, 0.05) is 0 Å². The third-order valence-electron chi connectivity index (χ3n) is 5.70. The third kappa shape index (κ3) is 8.98. The molecule has 0 saturated heterocycles. The Morgan fingerprint density at radius 2 is 1.35 bits per heavy atom. The summed E-state index contributed by atoms with van der Waals surface area (Å²) in [5, 5.41) is 18.1. The van der Waals surface area contributed by atoms with Crippen molar-refractivity contribution < 1.29 is 19.5 Å². The molecule has 2 amide bonds. The molecule has 34 heavy (non-hydrogen) atoms. The summed E-state index contributed by atoms with van der Waals surface area (Å²) >= 11 is 0. The standard InChI is InChI=1S/C27H37N3O4/c1-18(2)17-24(26(32)29-19(3)22-13-9-6-10-14-22)30-25(31)23(28-20(4)27(33)34)16-15-21-11-7-5-8-12-21/h5-14,18-20,23-24,28H,15-17H2,1-4H3,(H,29,32)(H,30,31)(H,33,34)/t19-,20+,23-,24-/m0/s1. The van der Waals surface area contributed by atoms with Gasteiger partial charge in [-0.25, -0.2) is 0 Å². The van der Waals surface area contributed by atoms with E-state index in [0.29, 0.717) is 19.3 Å². The van der Waals surface area contributed by atoms with E-state index in [9.17, 15) is 19.5 Å². The van der Waals surface area contributed by atoms with E-state index in [0.717, 1.165) is 11.1 Å². The average Bonchev–Trinajstić information content (AvgIpc) is 2.81. The molecule has 0 aliphatic heterocycles. The topological polar surface area (TPSA) is 108 Å². The number of amides is 2. The first kappa shape index (κ1) is 27.1. The molecule has 4 atom stereocenters. The van der Waals surface area contributed by atoms with E-state index < -0.39 is 24.1 Å². The Morgan fingerprint density at radius 3 is 1.91 bits per heavy atom. The molecule has 2 aromatic carbocycles. The first-order chi connectivity index (χ1) is 16.2. The van der Waals surface area contributed by atoms with Gasteiger partial charge in [0.1, 0.15) is 12.1 Å². The Bertz CT molecular complexity index is 918. The van der Waals surface area contributed by atoms with Crippen molar-refractivity contribution in [3.05, 3.63) is 71.8 Å². The Labute approximate surface area is 202 Å². The summed E-state index contributed by atoms with van der Waals surface area (Å²) in [6.07, 6.45) is 1.48. The van der Waals surface area contributed by atoms with E-state index in [1.54, 1.807) is 0 Å². The molecule has 0 aromatic heterocycles. The number of carbonyl (C=O) groups is 3. The average molecular weight is 468 g/mol. The second-order valence-electron chi connectivity index (χ2n) is 9.14. The molecule has 0 unspecified atom stereocenters. The molecule has 0 bridgehead atoms. The monoisotopic (exact) mass is 467 g/mol. The number of nitrogens with one attached hydrogen (secondary N) is 3. The van der Waals surface area contributed by atoms with Crippen LogP contribution in [0.4, 0.5) is 0 Å². The van der Waals surface area contributed by atoms with E-state index in [2.05, 4.69) is 16.0 Å². The van der Waals surface area contributed by atoms with Crippen LogP contribution in [0.5, 0.6) is 0 Å². The van der Waals surface area contributed by atoms with Crippen LogP contribution in [0.2, 0.25) is 0 Å². The molecule has 7 heteroatoms. The predicted octanol–water partition coefficient (Wildman–Crippen LogP) is 3.46. The molecular formula is C27H37N3O4. The van der Waals surface area contributed by atoms with Crippen LogP contribution in [0.1, 0.15) is 57.7 Å². The maximum absolute atomic E-state index is 13.2. The molecule has 0 aliphatic rings. The zero-order valence-corrected chi connectivity index (χ0v) is 20.5. The molecule has 0 heterocycles. The highest BCUT2D eigenvalue weighted by Crippen LogP contribution is 2.14. The van der Waals surface area contributed by atoms with Crippen LogP contribution < -0.4 is 16.0 Å². The fraction of sp³-hybridized carbons (Fsp3) is 0.444. The highest BCUT2D eigenvalue weighted by Gasteiger charge is 2.29. The van der Waals surface area contributed by atoms with Gasteiger partial charge in [-0.15, -0.1) is 0 Å². The summed E-state index contributed by atoms with van der Waals surface area (Å²) in [5.74, 6) is -1.49. The minimum absolute atomic E-state index is 0.178. The number of carboxylic acids is 1. The second-order valence-corrected chi connectivity index (χ2v) is 9.14. The number of aliphatic carboxylic acids is 1. The molecule has 0 aliphatic carbocycles. The Balaban J connectivity index is 2.11. The van der Waals surface area contributed by atoms with Crippen molar-refractivity contribution in [1.82, 2.24) is 16.0 Å². The van der Waals surface area contributed by atoms with E-state index in [1.807, 2.05) is 81.4 Å². The van der Waals surface area contributed by atoms with Gasteiger partial charge >= 0.3 is 5.97 Å². The van der Waals surface area contributed by atoms with Gasteiger partial charge in [0.2, 0.25) is 11.8 Å². The number of benzene rings is 2. The van der Waals surface area contributed by atoms with Crippen molar-refractivity contribution in [1.29, 1.82) is 0 Å². The zero-order chi connectivity index (χ0) is 25.1. The van der Waals surface area contributed by atoms with Crippen molar-refractivity contribution in [2.45, 2.75) is 71.1 Å². The van der Waals surface area contributed by atoms with E-state index in [-0.39, 0.29) is 23.8 Å². The van der Waals surface area contributed by atoms with Gasteiger partial charge in [0.05, 0.1) is 12.1 Å². The highest BCUT2D eigenvalue weighted by molar-refractivity contribution is 5.90. The first-order valence-corrected chi connectivity index (χ1v) is 11.9. The molecule has 0 spiro atoms. The number of carbonyl (C=O) groups excluding carboxylic acids is 2. The molecule has 0 radical (unpaired) electrons. The molecule has 184 valence electrons. The Kier molecular flexibility index (Phi) is 10.7. The maximum Gasteiger partial charge on any atom is 0.320 e. The largest absolute Gasteiger partial charge is 0.480 e. The lowest BCUT2D eigenvalue weighted by Gasteiger charge is -2.26. The summed E-state index contributed by atoms with van der Waals surface area (Å²) in [6.45, 7) is 7.39. The number of aryl methyl sites for hydroxylation is 1. The molecule has 2 aromatic rings. The van der Waals surface area contributed by atoms with Crippen molar-refractivity contribution in [2.75, 3.05) is 0 Å². The van der Waals surface area contributed by atoms with E-state index in [1.165, 1.54) is 6.92 Å². The quantitative estimate of drug-likeness (QED) is 0.361. The lowest BCUT2D eigenvalue weighted by atomic mass is 10.00. The van der Waals surface area contributed by atoms with Gasteiger partial charge in [-0.1, -0.05) is 74.5 Å². The number of hydrogen-bond donors (Lipinski definition) is 4. The third-order valence-corrected chi connectivity index (χ3v) is 5.70. The SMILES string of the molecule is CC(C)C[C@H](NC(=O)[C@H](CCc1ccccc1)N[C@H](C)C(=O)O)C(=O)N[C@@H](C)c1ccccc1. The Morgan fingerprint density at radius 1 is 0.794 bits per heavy atom. The fourth-order valence-electron chi connectivity index (χ4n) is 3.73. The normalized spacial score (nSPS) is 14.6. The van der Waals surface area contributed by atoms with E-state index >= 15 is 0 Å². The van der Waals surface area contributed by atoms with Crippen molar-refractivity contribution >= 4 is 17.8 Å². The summed E-state index contributed by atoms with van der Waals surface area (Å²) in [6, 6.07) is 16.8. The fourth-order valence-corrected chi connectivity index (χ4v) is 3.73. The van der Waals surface area contributed by atoms with Crippen LogP contribution in [0.25, 0.3) is 0 Å². The van der Waals surface area contributed by atoms with Crippen molar-refractivity contribution in [2.24, 2.45) is 5.92 Å². The number of rotatable bonds is 13. The van der Waals surface area contributed by atoms with Gasteiger partial charge in [-0.3, -0.25) is 19.7 Å². The van der Waals surface area contributed by atoms with Crippen LogP contribution in [0.3, 0.4) is 0 Å². The molecule has 0 fully saturated rings. The zero-order valence-electron chi connectivity index (χ0n) is 20.5. The lowest BCUT2D eigenvalue weighted by molar-refractivity contribution is -0.139. The first-order valence-electron chi connectivity index (χ1n) is 11.9. The minimum Gasteiger partial charge on any atom is -0.480 e. The molecule has 0 saturated carbocycles. The van der Waals surface area contributed by atoms with Gasteiger partial charge in [0.25, 0.3) is 0 Å². The van der Waals surface area contributed by atoms with Crippen LogP contribution in [0.15, 0.2) is 60.7 Å². The summed E-state index contributed by atoms with van der Waals surface area (Å²) in [5.41, 5.74) is 2.03. The number of hydrogen-bond acceptors (Lipinski definition) is 4. The predicted molar refractivity (Wildman–Crippen MR) is 133 cm³/mol. The smallest absolute Gasteiger partial charge is 0.320 e. The molecule has 2 rings (SSSR count). The van der Waals surface area contributed by atoms with Crippen LogP contribution in [0, 0.1) is 5.92 Å². The minimum atomic E-state index is -1.04. The lowest BCUT2D eigenvalue weighted by Crippen LogP contribution is -2.55. The molecule has 7 nitrogen and oxygen atoms in total. The van der Waals surface area contributed by atoms with Gasteiger partial charge in [-0.05, 0) is 50.2 Å². The highest BCUT2D eigenvalue weighted by atomic mass is 16.4. The summed E-state index contributed by atoms with van der Waals surface area (Å²) < 4.78 is 0. The van der Waals surface area contributed by atoms with Crippen LogP contribution in [-0.4, -0.2) is 41.0 Å². The van der Waals surface area contributed by atoms with Crippen LogP contribution >= 0.6 is 0 Å². The van der Waals surface area contributed by atoms with Gasteiger partial charge < -0.3 is 15.7 Å². The van der Waals surface area contributed by atoms with Gasteiger partial charge in [-0.2, -0.15) is 0 Å². The van der Waals surface area contributed by atoms with Crippen molar-refractivity contribution in [3.8, 4) is 0 Å². The number of carboxylic acid groups (broad SMARTS) is 1. The van der Waals surface area contributed by atoms with E-state index in [4.69, 9.17) is 0 Å². The van der Waals surface area contributed by atoms with Crippen molar-refractivity contribution in [3.63, 3.8) is 0 Å². The van der Waals surface area contributed by atoms with Crippen LogP contribution in [-0.2, 0) is 20.8 Å². The second kappa shape index (κ2) is 13.5. The summed E-state index contributed by atoms with van der Waals surface area (Å²) in [7, 11) is 0. The maximum atomic E-state index is 13.2. The summed E-state index contributed by atoms with van der Waals surface area (Å²) in [4.78, 5) is 37.7. The molecule has 4 N–H and O–H groups in total.